The zero-order chi connectivity index (χ0) is 26.9. The van der Waals surface area contributed by atoms with Gasteiger partial charge in [-0.15, -0.1) is 0 Å². The Hall–Kier alpha value is -2.86. The van der Waals surface area contributed by atoms with Gasteiger partial charge in [0.15, 0.2) is 12.4 Å². The number of hydrogen-bond donors (Lipinski definition) is 1. The SMILES string of the molecule is CCOC(CN1C(=O)[C@H](OCc2ccccc2)[C@@H]1[C@H]1N[C@@](C)(C(=O)OC)[C@H]2C(=O)N(C)C(=O)[C@@H]12)OCC. The largest absolute Gasteiger partial charge is 0.468 e. The van der Waals surface area contributed by atoms with E-state index in [9.17, 15) is 19.2 Å². The molecule has 0 saturated carbocycles. The summed E-state index contributed by atoms with van der Waals surface area (Å²) in [6.07, 6.45) is -1.57. The highest BCUT2D eigenvalue weighted by Crippen LogP contribution is 2.46. The summed E-state index contributed by atoms with van der Waals surface area (Å²) >= 11 is 0. The van der Waals surface area contributed by atoms with Gasteiger partial charge in [-0.25, -0.2) is 0 Å². The van der Waals surface area contributed by atoms with Crippen molar-refractivity contribution >= 4 is 23.7 Å². The number of amides is 3. The first kappa shape index (κ1) is 27.2. The lowest BCUT2D eigenvalue weighted by molar-refractivity contribution is -0.201. The van der Waals surface area contributed by atoms with Crippen molar-refractivity contribution in [1.82, 2.24) is 15.1 Å². The Morgan fingerprint density at radius 1 is 1.05 bits per heavy atom. The summed E-state index contributed by atoms with van der Waals surface area (Å²) in [5.41, 5.74) is -0.563. The molecular formula is C26H35N3O8. The third-order valence-corrected chi connectivity index (χ3v) is 7.54. The van der Waals surface area contributed by atoms with Gasteiger partial charge in [-0.2, -0.15) is 0 Å². The molecule has 11 nitrogen and oxygen atoms in total. The van der Waals surface area contributed by atoms with Gasteiger partial charge >= 0.3 is 5.97 Å². The van der Waals surface area contributed by atoms with Gasteiger partial charge in [-0.05, 0) is 26.3 Å². The van der Waals surface area contributed by atoms with E-state index < -0.39 is 59.6 Å². The number of nitrogens with zero attached hydrogens (tertiary/aromatic N) is 2. The number of esters is 1. The van der Waals surface area contributed by atoms with Crippen LogP contribution < -0.4 is 5.32 Å². The number of nitrogens with one attached hydrogen (secondary N) is 1. The van der Waals surface area contributed by atoms with Crippen molar-refractivity contribution in [1.29, 1.82) is 0 Å². The molecule has 4 rings (SSSR count). The summed E-state index contributed by atoms with van der Waals surface area (Å²) in [5, 5.41) is 3.22. The van der Waals surface area contributed by atoms with Gasteiger partial charge in [0.25, 0.3) is 5.91 Å². The van der Waals surface area contributed by atoms with Crippen LogP contribution in [0.25, 0.3) is 0 Å². The molecule has 3 amide bonds. The maximum absolute atomic E-state index is 13.4. The number of ether oxygens (including phenoxy) is 4. The first-order valence-corrected chi connectivity index (χ1v) is 12.6. The van der Waals surface area contributed by atoms with Crippen LogP contribution in [0.15, 0.2) is 30.3 Å². The second kappa shape index (κ2) is 10.9. The Morgan fingerprint density at radius 3 is 2.30 bits per heavy atom. The number of likely N-dealkylation sites (tertiary alicyclic amines) is 2. The van der Waals surface area contributed by atoms with Crippen LogP contribution in [0.3, 0.4) is 0 Å². The van der Waals surface area contributed by atoms with Crippen LogP contribution in [0.1, 0.15) is 26.3 Å². The van der Waals surface area contributed by atoms with Gasteiger partial charge < -0.3 is 23.8 Å². The highest BCUT2D eigenvalue weighted by molar-refractivity contribution is 6.09. The molecule has 6 atom stereocenters. The quantitative estimate of drug-likeness (QED) is 0.191. The van der Waals surface area contributed by atoms with Crippen LogP contribution >= 0.6 is 0 Å². The molecule has 0 spiro atoms. The molecule has 0 radical (unpaired) electrons. The highest BCUT2D eigenvalue weighted by atomic mass is 16.7. The minimum absolute atomic E-state index is 0.110. The molecule has 11 heteroatoms. The Morgan fingerprint density at radius 2 is 1.70 bits per heavy atom. The van der Waals surface area contributed by atoms with Crippen LogP contribution in [0.5, 0.6) is 0 Å². The normalized spacial score (nSPS) is 31.2. The smallest absolute Gasteiger partial charge is 0.326 e. The van der Waals surface area contributed by atoms with Crippen LogP contribution in [-0.2, 0) is 44.7 Å². The summed E-state index contributed by atoms with van der Waals surface area (Å²) in [6.45, 7) is 6.29. The molecule has 0 aliphatic carbocycles. The minimum Gasteiger partial charge on any atom is -0.468 e. The lowest BCUT2D eigenvalue weighted by atomic mass is 9.77. The van der Waals surface area contributed by atoms with E-state index in [-0.39, 0.29) is 19.1 Å². The number of hydrogen-bond acceptors (Lipinski definition) is 9. The zero-order valence-electron chi connectivity index (χ0n) is 21.8. The fraction of sp³-hybridized carbons (Fsp3) is 0.615. The van der Waals surface area contributed by atoms with Crippen molar-refractivity contribution in [3.05, 3.63) is 35.9 Å². The Bertz CT molecular complexity index is 1030. The van der Waals surface area contributed by atoms with Crippen molar-refractivity contribution < 1.29 is 38.1 Å². The van der Waals surface area contributed by atoms with E-state index in [1.165, 1.54) is 14.2 Å². The fourth-order valence-corrected chi connectivity index (χ4v) is 5.77. The number of rotatable bonds is 11. The molecule has 37 heavy (non-hydrogen) atoms. The lowest BCUT2D eigenvalue weighted by Gasteiger charge is -2.51. The molecule has 1 N–H and O–H groups in total. The van der Waals surface area contributed by atoms with Crippen molar-refractivity contribution in [2.75, 3.05) is 33.9 Å². The molecule has 3 saturated heterocycles. The molecule has 1 aromatic carbocycles. The van der Waals surface area contributed by atoms with Crippen LogP contribution in [0, 0.1) is 11.8 Å². The van der Waals surface area contributed by atoms with Crippen LogP contribution in [0.4, 0.5) is 0 Å². The molecule has 0 bridgehead atoms. The maximum Gasteiger partial charge on any atom is 0.326 e. The summed E-state index contributed by atoms with van der Waals surface area (Å²) < 4.78 is 22.4. The number of methoxy groups -OCH3 is 1. The summed E-state index contributed by atoms with van der Waals surface area (Å²) in [6, 6.07) is 8.04. The second-order valence-electron chi connectivity index (χ2n) is 9.64. The molecule has 3 aliphatic rings. The molecular weight excluding hydrogens is 482 g/mol. The topological polar surface area (TPSA) is 124 Å². The third kappa shape index (κ3) is 4.65. The molecule has 1 aromatic rings. The van der Waals surface area contributed by atoms with E-state index in [4.69, 9.17) is 18.9 Å². The maximum atomic E-state index is 13.4. The van der Waals surface area contributed by atoms with Crippen molar-refractivity contribution in [3.63, 3.8) is 0 Å². The van der Waals surface area contributed by atoms with Gasteiger partial charge in [0.05, 0.1) is 38.1 Å². The van der Waals surface area contributed by atoms with Crippen molar-refractivity contribution in [2.24, 2.45) is 11.8 Å². The minimum atomic E-state index is -1.45. The van der Waals surface area contributed by atoms with Gasteiger partial charge in [0.1, 0.15) is 5.54 Å². The monoisotopic (exact) mass is 517 g/mol. The fourth-order valence-electron chi connectivity index (χ4n) is 5.77. The second-order valence-corrected chi connectivity index (χ2v) is 9.64. The Balaban J connectivity index is 1.67. The van der Waals surface area contributed by atoms with Crippen molar-refractivity contribution in [3.8, 4) is 0 Å². The molecule has 0 aromatic heterocycles. The average molecular weight is 518 g/mol. The van der Waals surface area contributed by atoms with Crippen molar-refractivity contribution in [2.45, 2.75) is 57.4 Å². The van der Waals surface area contributed by atoms with E-state index in [1.54, 1.807) is 11.8 Å². The van der Waals surface area contributed by atoms with E-state index in [0.29, 0.717) is 13.2 Å². The number of carbonyl (C=O) groups is 4. The van der Waals surface area contributed by atoms with Crippen LogP contribution in [-0.4, -0.2) is 97.4 Å². The van der Waals surface area contributed by atoms with E-state index in [1.807, 2.05) is 44.2 Å². The molecule has 0 unspecified atom stereocenters. The van der Waals surface area contributed by atoms with E-state index >= 15 is 0 Å². The summed E-state index contributed by atoms with van der Waals surface area (Å²) in [7, 11) is 2.65. The number of imide groups is 1. The molecule has 202 valence electrons. The van der Waals surface area contributed by atoms with Gasteiger partial charge in [-0.3, -0.25) is 29.4 Å². The van der Waals surface area contributed by atoms with Gasteiger partial charge in [0, 0.05) is 26.3 Å². The third-order valence-electron chi connectivity index (χ3n) is 7.54. The number of fused-ring (bicyclic) bond motifs is 1. The summed E-state index contributed by atoms with van der Waals surface area (Å²) in [4.78, 5) is 55.2. The van der Waals surface area contributed by atoms with E-state index in [0.717, 1.165) is 10.5 Å². The Labute approximate surface area is 216 Å². The first-order valence-electron chi connectivity index (χ1n) is 12.6. The van der Waals surface area contributed by atoms with Gasteiger partial charge in [0.2, 0.25) is 11.8 Å². The predicted octanol–water partition coefficient (Wildman–Crippen LogP) is 0.316. The predicted molar refractivity (Wildman–Crippen MR) is 130 cm³/mol. The van der Waals surface area contributed by atoms with Gasteiger partial charge in [-0.1, -0.05) is 30.3 Å². The number of carbonyl (C=O) groups excluding carboxylic acids is 4. The molecule has 3 heterocycles. The highest BCUT2D eigenvalue weighted by Gasteiger charge is 2.70. The summed E-state index contributed by atoms with van der Waals surface area (Å²) in [5.74, 6) is -3.64. The number of β-lactam (4-membered cyclic amide) rings is 1. The zero-order valence-corrected chi connectivity index (χ0v) is 21.8. The standard InChI is InChI=1S/C26H35N3O8/c1-6-35-16(36-7-2)13-29-20(21(24(29)32)37-14-15-11-9-8-10-12-15)19-17-18(23(31)28(4)22(17)30)26(3,27-19)25(33)34-5/h8-12,16-21,27H,6-7,13-14H2,1-5H3/t17-,18-,19+,20+,21-,26-/m1/s1. The number of benzene rings is 1. The first-order chi connectivity index (χ1) is 17.7. The van der Waals surface area contributed by atoms with Crippen LogP contribution in [0.2, 0.25) is 0 Å². The molecule has 3 fully saturated rings. The molecule has 3 aliphatic heterocycles. The Kier molecular flexibility index (Phi) is 7.98. The van der Waals surface area contributed by atoms with E-state index in [2.05, 4.69) is 5.32 Å². The average Bonchev–Trinajstić information content (AvgIpc) is 3.33. The lowest BCUT2D eigenvalue weighted by Crippen LogP contribution is -2.74.